The lowest BCUT2D eigenvalue weighted by Crippen LogP contribution is -2.23. The first-order chi connectivity index (χ1) is 12.7. The lowest BCUT2D eigenvalue weighted by atomic mass is 10.1. The van der Waals surface area contributed by atoms with Crippen molar-refractivity contribution >= 4 is 51.2 Å². The fourth-order valence-corrected chi connectivity index (χ4v) is 3.88. The summed E-state index contributed by atoms with van der Waals surface area (Å²) in [4.78, 5) is 17.7. The largest absolute Gasteiger partial charge is 0.367 e. The number of nitrogens with zero attached hydrogens (tertiary/aromatic N) is 3. The Morgan fingerprint density at radius 1 is 1.23 bits per heavy atom. The van der Waals surface area contributed by atoms with Crippen LogP contribution in [0.2, 0.25) is 0 Å². The highest BCUT2D eigenvalue weighted by Gasteiger charge is 2.36. The predicted octanol–water partition coefficient (Wildman–Crippen LogP) is 3.61. The Balaban J connectivity index is 1.69. The minimum Gasteiger partial charge on any atom is -0.367 e. The molecule has 1 unspecified atom stereocenters. The van der Waals surface area contributed by atoms with E-state index < -0.39 is 12.0 Å². The van der Waals surface area contributed by atoms with Gasteiger partial charge in [0.05, 0.1) is 5.69 Å². The molecular formula is C17H15N5O2S2. The van der Waals surface area contributed by atoms with Crippen LogP contribution in [0.3, 0.4) is 0 Å². The van der Waals surface area contributed by atoms with E-state index in [9.17, 15) is 4.79 Å². The van der Waals surface area contributed by atoms with E-state index in [0.29, 0.717) is 10.7 Å². The van der Waals surface area contributed by atoms with Gasteiger partial charge >= 0.3 is 0 Å². The summed E-state index contributed by atoms with van der Waals surface area (Å²) in [5.41, 5.74) is 8.76. The number of benzene rings is 2. The topological polar surface area (TPSA) is 93.4 Å². The van der Waals surface area contributed by atoms with E-state index in [-0.39, 0.29) is 0 Å². The fourth-order valence-electron chi connectivity index (χ4n) is 2.65. The van der Waals surface area contributed by atoms with E-state index in [0.717, 1.165) is 21.4 Å². The number of fused-ring (bicyclic) bond motifs is 1. The van der Waals surface area contributed by atoms with Gasteiger partial charge in [0.25, 0.3) is 5.91 Å². The number of anilines is 4. The summed E-state index contributed by atoms with van der Waals surface area (Å²) < 4.78 is 0.815. The van der Waals surface area contributed by atoms with Crippen LogP contribution in [-0.4, -0.2) is 22.4 Å². The molecule has 1 aromatic heterocycles. The highest BCUT2D eigenvalue weighted by Crippen LogP contribution is 2.44. The summed E-state index contributed by atoms with van der Waals surface area (Å²) in [6, 6.07) is 15.4. The number of carbonyl (C=O) groups is 1. The third-order valence-electron chi connectivity index (χ3n) is 3.80. The minimum atomic E-state index is -0.871. The molecule has 1 aliphatic heterocycles. The molecule has 3 aromatic rings. The van der Waals surface area contributed by atoms with Gasteiger partial charge in [-0.3, -0.25) is 4.79 Å². The first-order valence-electron chi connectivity index (χ1n) is 7.75. The van der Waals surface area contributed by atoms with Crippen LogP contribution in [0.15, 0.2) is 52.9 Å². The number of aromatic nitrogens is 2. The highest BCUT2D eigenvalue weighted by atomic mass is 32.2. The molecular weight excluding hydrogens is 370 g/mol. The molecule has 0 aliphatic carbocycles. The van der Waals surface area contributed by atoms with E-state index in [1.165, 1.54) is 28.2 Å². The summed E-state index contributed by atoms with van der Waals surface area (Å²) >= 11 is 2.89. The van der Waals surface area contributed by atoms with Crippen molar-refractivity contribution in [3.63, 3.8) is 0 Å². The van der Waals surface area contributed by atoms with Gasteiger partial charge in [-0.2, -0.15) is 5.06 Å². The zero-order valence-electron chi connectivity index (χ0n) is 13.7. The maximum absolute atomic E-state index is 11.9. The summed E-state index contributed by atoms with van der Waals surface area (Å²) in [6.07, 6.45) is 1.06. The molecule has 1 aliphatic rings. The number of nitrogens with two attached hydrogens (primary N) is 1. The van der Waals surface area contributed by atoms with E-state index in [1.54, 1.807) is 0 Å². The van der Waals surface area contributed by atoms with Gasteiger partial charge in [0.1, 0.15) is 0 Å². The molecule has 132 valence electrons. The number of primary amides is 1. The number of hydrogen-bond acceptors (Lipinski definition) is 8. The second-order valence-corrected chi connectivity index (χ2v) is 7.51. The first-order valence-corrected chi connectivity index (χ1v) is 9.79. The zero-order chi connectivity index (χ0) is 18.1. The number of carbonyl (C=O) groups excluding carboxylic acids is 1. The Kier molecular flexibility index (Phi) is 4.49. The van der Waals surface area contributed by atoms with Crippen molar-refractivity contribution in [1.29, 1.82) is 0 Å². The van der Waals surface area contributed by atoms with E-state index >= 15 is 0 Å². The molecule has 0 saturated heterocycles. The van der Waals surface area contributed by atoms with Gasteiger partial charge in [-0.05, 0) is 36.6 Å². The lowest BCUT2D eigenvalue weighted by molar-refractivity contribution is -0.128. The number of nitrogens with one attached hydrogen (secondary N) is 1. The zero-order valence-corrected chi connectivity index (χ0v) is 15.4. The number of para-hydroxylation sites is 1. The van der Waals surface area contributed by atoms with Crippen molar-refractivity contribution in [2.75, 3.05) is 16.6 Å². The van der Waals surface area contributed by atoms with Gasteiger partial charge < -0.3 is 11.1 Å². The Labute approximate surface area is 158 Å². The third-order valence-corrected chi connectivity index (χ3v) is 5.67. The monoisotopic (exact) mass is 385 g/mol. The predicted molar refractivity (Wildman–Crippen MR) is 103 cm³/mol. The van der Waals surface area contributed by atoms with Crippen molar-refractivity contribution < 1.29 is 9.63 Å². The Morgan fingerprint density at radius 2 is 2.04 bits per heavy atom. The number of amides is 1. The highest BCUT2D eigenvalue weighted by molar-refractivity contribution is 8.00. The average Bonchev–Trinajstić information content (AvgIpc) is 3.26. The maximum atomic E-state index is 11.9. The van der Waals surface area contributed by atoms with E-state index in [4.69, 9.17) is 10.6 Å². The van der Waals surface area contributed by atoms with Gasteiger partial charge in [-0.15, -0.1) is 10.2 Å². The van der Waals surface area contributed by atoms with Crippen LogP contribution in [0.5, 0.6) is 0 Å². The second-order valence-electron chi connectivity index (χ2n) is 5.50. The van der Waals surface area contributed by atoms with Crippen molar-refractivity contribution in [1.82, 2.24) is 10.2 Å². The molecule has 0 bridgehead atoms. The van der Waals surface area contributed by atoms with Crippen molar-refractivity contribution in [3.05, 3.63) is 54.1 Å². The summed E-state index contributed by atoms with van der Waals surface area (Å²) in [5.74, 6) is -0.555. The molecule has 26 heavy (non-hydrogen) atoms. The Morgan fingerprint density at radius 3 is 2.73 bits per heavy atom. The molecule has 1 amide bonds. The number of thioether (sulfide) groups is 1. The summed E-state index contributed by atoms with van der Waals surface area (Å²) in [7, 11) is 0. The van der Waals surface area contributed by atoms with Crippen LogP contribution >= 0.6 is 23.1 Å². The van der Waals surface area contributed by atoms with Gasteiger partial charge in [0, 0.05) is 16.9 Å². The molecule has 7 nitrogen and oxygen atoms in total. The number of rotatable bonds is 5. The summed E-state index contributed by atoms with van der Waals surface area (Å²) in [5, 5.41) is 13.6. The maximum Gasteiger partial charge on any atom is 0.254 e. The fraction of sp³-hybridized carbons (Fsp3) is 0.118. The Bertz CT molecular complexity index is 947. The van der Waals surface area contributed by atoms with Crippen molar-refractivity contribution in [2.45, 2.75) is 10.4 Å². The quantitative estimate of drug-likeness (QED) is 0.648. The third kappa shape index (κ3) is 3.12. The molecule has 0 radical (unpaired) electrons. The normalized spacial score (nSPS) is 15.7. The van der Waals surface area contributed by atoms with Crippen LogP contribution < -0.4 is 16.1 Å². The van der Waals surface area contributed by atoms with Gasteiger partial charge in [-0.1, -0.05) is 41.3 Å². The Hall–Kier alpha value is -2.62. The van der Waals surface area contributed by atoms with Crippen LogP contribution in [-0.2, 0) is 9.63 Å². The van der Waals surface area contributed by atoms with Crippen molar-refractivity contribution in [3.8, 4) is 0 Å². The van der Waals surface area contributed by atoms with Crippen LogP contribution in [0.4, 0.5) is 22.2 Å². The molecule has 0 fully saturated rings. The second kappa shape index (κ2) is 6.94. The van der Waals surface area contributed by atoms with Gasteiger partial charge in [0.2, 0.25) is 5.13 Å². The molecule has 2 aromatic carbocycles. The van der Waals surface area contributed by atoms with Crippen molar-refractivity contribution in [2.24, 2.45) is 5.73 Å². The molecule has 1 atom stereocenters. The molecule has 0 spiro atoms. The first kappa shape index (κ1) is 16.8. The van der Waals surface area contributed by atoms with Gasteiger partial charge in [0.15, 0.2) is 10.4 Å². The minimum absolute atomic E-state index is 0.555. The standard InChI is InChI=1S/C17H15N5O2S2/c1-25-17-21-20-16(26-17)22-13-8-7-11(19-10-5-3-2-4-6-10)9-12(13)14(24-22)15(18)23/h2-9,14,19H,1H3,(H2,18,23). The average molecular weight is 385 g/mol. The van der Waals surface area contributed by atoms with Crippen LogP contribution in [0.1, 0.15) is 11.7 Å². The molecule has 3 N–H and O–H groups in total. The SMILES string of the molecule is CSc1nnc(N2OC(C(N)=O)c3cc(Nc4ccccc4)ccc32)s1. The van der Waals surface area contributed by atoms with E-state index in [1.807, 2.05) is 54.8 Å². The van der Waals surface area contributed by atoms with Gasteiger partial charge in [-0.25, -0.2) is 4.84 Å². The molecule has 4 rings (SSSR count). The van der Waals surface area contributed by atoms with Crippen LogP contribution in [0.25, 0.3) is 0 Å². The van der Waals surface area contributed by atoms with Crippen LogP contribution in [0, 0.1) is 0 Å². The van der Waals surface area contributed by atoms with E-state index in [2.05, 4.69) is 15.5 Å². The number of hydrogen-bond donors (Lipinski definition) is 2. The summed E-state index contributed by atoms with van der Waals surface area (Å²) in [6.45, 7) is 0. The molecule has 9 heteroatoms. The lowest BCUT2D eigenvalue weighted by Gasteiger charge is -2.14. The smallest absolute Gasteiger partial charge is 0.254 e. The molecule has 2 heterocycles. The molecule has 0 saturated carbocycles.